The van der Waals surface area contributed by atoms with Crippen LogP contribution < -0.4 is 5.32 Å². The summed E-state index contributed by atoms with van der Waals surface area (Å²) in [6.07, 6.45) is 3.33. The van der Waals surface area contributed by atoms with E-state index in [-0.39, 0.29) is 23.6 Å². The molecule has 2 saturated heterocycles. The van der Waals surface area contributed by atoms with Crippen molar-refractivity contribution in [3.8, 4) is 0 Å². The molecule has 33 heavy (non-hydrogen) atoms. The van der Waals surface area contributed by atoms with Crippen LogP contribution in [0.25, 0.3) is 0 Å². The molecule has 0 spiro atoms. The monoisotopic (exact) mass is 467 g/mol. The molecule has 0 unspecified atom stereocenters. The zero-order chi connectivity index (χ0) is 23.4. The van der Waals surface area contributed by atoms with Gasteiger partial charge in [-0.2, -0.15) is 0 Å². The summed E-state index contributed by atoms with van der Waals surface area (Å²) in [4.78, 5) is 42.9. The number of rotatable bonds is 5. The smallest absolute Gasteiger partial charge is 0.253 e. The van der Waals surface area contributed by atoms with Crippen LogP contribution in [0.2, 0.25) is 5.02 Å². The molecule has 4 rings (SSSR count). The molecule has 0 radical (unpaired) electrons. The normalized spacial score (nSPS) is 17.6. The molecular weight excluding hydrogens is 438 g/mol. The fourth-order valence-corrected chi connectivity index (χ4v) is 4.78. The summed E-state index contributed by atoms with van der Waals surface area (Å²) in [6, 6.07) is 13.7. The number of halogens is 1. The lowest BCUT2D eigenvalue weighted by molar-refractivity contribution is -0.134. The number of carbonyl (C=O) groups is 3. The van der Waals surface area contributed by atoms with Gasteiger partial charge in [-0.15, -0.1) is 0 Å². The number of benzene rings is 2. The number of amides is 3. The van der Waals surface area contributed by atoms with Gasteiger partial charge < -0.3 is 15.1 Å². The van der Waals surface area contributed by atoms with E-state index in [1.165, 1.54) is 0 Å². The molecule has 1 atom stereocenters. The van der Waals surface area contributed by atoms with Gasteiger partial charge in [0.05, 0.1) is 0 Å². The van der Waals surface area contributed by atoms with Gasteiger partial charge in [0.25, 0.3) is 11.8 Å². The predicted octanol–water partition coefficient (Wildman–Crippen LogP) is 3.92. The first-order chi connectivity index (χ1) is 15.9. The fourth-order valence-electron chi connectivity index (χ4n) is 4.66. The number of hydrogen-bond donors (Lipinski definition) is 1. The second-order valence-electron chi connectivity index (χ2n) is 8.99. The maximum atomic E-state index is 13.4. The van der Waals surface area contributed by atoms with Gasteiger partial charge in [-0.05, 0) is 74.9 Å². The van der Waals surface area contributed by atoms with E-state index in [0.29, 0.717) is 42.1 Å². The molecule has 2 aliphatic heterocycles. The van der Waals surface area contributed by atoms with Gasteiger partial charge in [-0.1, -0.05) is 29.3 Å². The molecular formula is C26H30ClN3O3. The maximum Gasteiger partial charge on any atom is 0.253 e. The van der Waals surface area contributed by atoms with Gasteiger partial charge >= 0.3 is 0 Å². The highest BCUT2D eigenvalue weighted by Gasteiger charge is 2.37. The number of aryl methyl sites for hydroxylation is 1. The van der Waals surface area contributed by atoms with Crippen molar-refractivity contribution in [2.75, 3.05) is 26.2 Å². The van der Waals surface area contributed by atoms with Crippen LogP contribution in [0.3, 0.4) is 0 Å². The summed E-state index contributed by atoms with van der Waals surface area (Å²) >= 11 is 5.94. The van der Waals surface area contributed by atoms with E-state index in [1.807, 2.05) is 28.9 Å². The minimum Gasteiger partial charge on any atom is -0.341 e. The number of hydrogen-bond acceptors (Lipinski definition) is 3. The number of nitrogens with one attached hydrogen (secondary N) is 1. The molecule has 0 aliphatic carbocycles. The number of likely N-dealkylation sites (tertiary alicyclic amines) is 2. The number of carbonyl (C=O) groups excluding carboxylic acids is 3. The van der Waals surface area contributed by atoms with E-state index in [2.05, 4.69) is 5.32 Å². The van der Waals surface area contributed by atoms with Crippen LogP contribution in [0.1, 0.15) is 52.0 Å². The first-order valence-corrected chi connectivity index (χ1v) is 12.0. The van der Waals surface area contributed by atoms with Crippen molar-refractivity contribution in [1.82, 2.24) is 15.1 Å². The van der Waals surface area contributed by atoms with E-state index in [4.69, 9.17) is 11.6 Å². The third kappa shape index (κ3) is 5.56. The number of piperidine rings is 1. The van der Waals surface area contributed by atoms with Crippen molar-refractivity contribution in [3.05, 3.63) is 70.2 Å². The average Bonchev–Trinajstić information content (AvgIpc) is 3.38. The molecule has 3 amide bonds. The highest BCUT2D eigenvalue weighted by Crippen LogP contribution is 2.25. The summed E-state index contributed by atoms with van der Waals surface area (Å²) in [5.74, 6) is -0.277. The zero-order valence-corrected chi connectivity index (χ0v) is 19.7. The SMILES string of the molecule is Cc1ccc(C(=O)N[C@@H](C(=O)N2CCCC2)C2CCN(C(=O)c3ccc(Cl)cc3)CC2)cc1. The Morgan fingerprint density at radius 2 is 1.42 bits per heavy atom. The summed E-state index contributed by atoms with van der Waals surface area (Å²) in [6.45, 7) is 4.56. The largest absolute Gasteiger partial charge is 0.341 e. The van der Waals surface area contributed by atoms with Crippen LogP contribution in [-0.4, -0.2) is 59.7 Å². The van der Waals surface area contributed by atoms with Crippen molar-refractivity contribution >= 4 is 29.3 Å². The molecule has 7 heteroatoms. The lowest BCUT2D eigenvalue weighted by Crippen LogP contribution is -2.54. The Morgan fingerprint density at radius 3 is 2.03 bits per heavy atom. The van der Waals surface area contributed by atoms with Crippen molar-refractivity contribution in [2.45, 2.75) is 38.6 Å². The molecule has 2 fully saturated rings. The molecule has 0 aromatic heterocycles. The first kappa shape index (κ1) is 23.3. The Morgan fingerprint density at radius 1 is 0.848 bits per heavy atom. The average molecular weight is 468 g/mol. The molecule has 2 aromatic rings. The third-order valence-electron chi connectivity index (χ3n) is 6.67. The molecule has 1 N–H and O–H groups in total. The van der Waals surface area contributed by atoms with Crippen LogP contribution >= 0.6 is 11.6 Å². The van der Waals surface area contributed by atoms with Crippen LogP contribution in [0.15, 0.2) is 48.5 Å². The first-order valence-electron chi connectivity index (χ1n) is 11.6. The fraction of sp³-hybridized carbons (Fsp3) is 0.423. The summed E-state index contributed by atoms with van der Waals surface area (Å²) in [5.41, 5.74) is 2.24. The lowest BCUT2D eigenvalue weighted by atomic mass is 9.88. The Bertz CT molecular complexity index is 992. The quantitative estimate of drug-likeness (QED) is 0.724. The van der Waals surface area contributed by atoms with Crippen LogP contribution in [0.5, 0.6) is 0 Å². The molecule has 174 valence electrons. The van der Waals surface area contributed by atoms with Crippen LogP contribution in [-0.2, 0) is 4.79 Å². The Balaban J connectivity index is 1.45. The van der Waals surface area contributed by atoms with Gasteiger partial charge in [0, 0.05) is 42.3 Å². The van der Waals surface area contributed by atoms with Gasteiger partial charge in [0.15, 0.2) is 0 Å². The van der Waals surface area contributed by atoms with Crippen LogP contribution in [0, 0.1) is 12.8 Å². The van der Waals surface area contributed by atoms with E-state index in [9.17, 15) is 14.4 Å². The maximum absolute atomic E-state index is 13.4. The standard InChI is InChI=1S/C26H30ClN3O3/c1-18-4-6-20(7-5-18)24(31)28-23(26(33)29-14-2-3-15-29)19-12-16-30(17-13-19)25(32)21-8-10-22(27)11-9-21/h4-11,19,23H,2-3,12-17H2,1H3,(H,28,31)/t23-/m1/s1. The molecule has 0 saturated carbocycles. The Labute approximate surface area is 199 Å². The van der Waals surface area contributed by atoms with E-state index in [0.717, 1.165) is 31.5 Å². The third-order valence-corrected chi connectivity index (χ3v) is 6.93. The molecule has 0 bridgehead atoms. The topological polar surface area (TPSA) is 69.7 Å². The van der Waals surface area contributed by atoms with Gasteiger partial charge in [-0.3, -0.25) is 14.4 Å². The summed E-state index contributed by atoms with van der Waals surface area (Å²) < 4.78 is 0. The van der Waals surface area contributed by atoms with E-state index < -0.39 is 6.04 Å². The summed E-state index contributed by atoms with van der Waals surface area (Å²) in [5, 5.41) is 3.63. The molecule has 6 nitrogen and oxygen atoms in total. The van der Waals surface area contributed by atoms with Gasteiger partial charge in [0.2, 0.25) is 5.91 Å². The zero-order valence-electron chi connectivity index (χ0n) is 18.9. The lowest BCUT2D eigenvalue weighted by Gasteiger charge is -2.37. The second kappa shape index (κ2) is 10.4. The Hall–Kier alpha value is -2.86. The minimum absolute atomic E-state index is 0.00422. The molecule has 2 aliphatic rings. The van der Waals surface area contributed by atoms with E-state index >= 15 is 0 Å². The van der Waals surface area contributed by atoms with Gasteiger partial charge in [0.1, 0.15) is 6.04 Å². The van der Waals surface area contributed by atoms with Crippen molar-refractivity contribution < 1.29 is 14.4 Å². The van der Waals surface area contributed by atoms with Crippen LogP contribution in [0.4, 0.5) is 0 Å². The predicted molar refractivity (Wildman–Crippen MR) is 128 cm³/mol. The van der Waals surface area contributed by atoms with E-state index in [1.54, 1.807) is 36.4 Å². The van der Waals surface area contributed by atoms with Crippen molar-refractivity contribution in [3.63, 3.8) is 0 Å². The second-order valence-corrected chi connectivity index (χ2v) is 9.42. The highest BCUT2D eigenvalue weighted by atomic mass is 35.5. The highest BCUT2D eigenvalue weighted by molar-refractivity contribution is 6.30. The van der Waals surface area contributed by atoms with Crippen molar-refractivity contribution in [1.29, 1.82) is 0 Å². The minimum atomic E-state index is -0.579. The molecule has 2 heterocycles. The number of nitrogens with zero attached hydrogens (tertiary/aromatic N) is 2. The van der Waals surface area contributed by atoms with Gasteiger partial charge in [-0.25, -0.2) is 0 Å². The van der Waals surface area contributed by atoms with Crippen molar-refractivity contribution in [2.24, 2.45) is 5.92 Å². The summed E-state index contributed by atoms with van der Waals surface area (Å²) in [7, 11) is 0. The molecule has 2 aromatic carbocycles. The Kier molecular flexibility index (Phi) is 7.33.